The number of anilines is 1. The summed E-state index contributed by atoms with van der Waals surface area (Å²) in [6.07, 6.45) is 2.37. The Kier molecular flexibility index (Phi) is 5.75. The van der Waals surface area contributed by atoms with E-state index in [9.17, 15) is 14.4 Å². The van der Waals surface area contributed by atoms with Gasteiger partial charge in [0.05, 0.1) is 17.6 Å². The topological polar surface area (TPSA) is 94.8 Å². The van der Waals surface area contributed by atoms with Crippen LogP contribution in [0.15, 0.2) is 45.6 Å². The summed E-state index contributed by atoms with van der Waals surface area (Å²) >= 11 is 0. The van der Waals surface area contributed by atoms with Crippen LogP contribution >= 0.6 is 0 Å². The van der Waals surface area contributed by atoms with E-state index in [1.807, 2.05) is 19.1 Å². The van der Waals surface area contributed by atoms with Crippen molar-refractivity contribution in [1.29, 1.82) is 0 Å². The largest absolute Gasteiger partial charge is 0.483 e. The number of carbonyl (C=O) groups excluding carboxylic acids is 2. The van der Waals surface area contributed by atoms with Gasteiger partial charge in [0.15, 0.2) is 6.61 Å². The lowest BCUT2D eigenvalue weighted by atomic mass is 10.0. The van der Waals surface area contributed by atoms with Gasteiger partial charge in [-0.15, -0.1) is 0 Å². The molecule has 7 nitrogen and oxygen atoms in total. The number of fused-ring (bicyclic) bond motifs is 3. The lowest BCUT2D eigenvalue weighted by Crippen LogP contribution is -2.20. The number of amides is 1. The van der Waals surface area contributed by atoms with Gasteiger partial charge in [-0.05, 0) is 74.6 Å². The molecule has 1 aliphatic carbocycles. The SMILES string of the molecule is CCOC(=O)c1cccc(NC(=O)COc2cc(C)cc3oc(=O)c4c(c23)CCC4)c1. The van der Waals surface area contributed by atoms with E-state index in [0.717, 1.165) is 29.4 Å². The Morgan fingerprint density at radius 1 is 1.13 bits per heavy atom. The number of esters is 1. The standard InChI is InChI=1S/C24H23NO6/c1-3-29-23(27)15-6-4-7-16(12-15)25-21(26)13-30-19-10-14(2)11-20-22(19)17-8-5-9-18(17)24(28)31-20/h4,6-7,10-12H,3,5,8-9,13H2,1-2H3,(H,25,26). The van der Waals surface area contributed by atoms with E-state index in [1.54, 1.807) is 31.2 Å². The molecule has 31 heavy (non-hydrogen) atoms. The quantitative estimate of drug-likeness (QED) is 0.481. The highest BCUT2D eigenvalue weighted by atomic mass is 16.5. The maximum Gasteiger partial charge on any atom is 0.339 e. The molecule has 0 saturated heterocycles. The van der Waals surface area contributed by atoms with Crippen LogP contribution in [0.1, 0.15) is 40.4 Å². The Bertz CT molecular complexity index is 1230. The van der Waals surface area contributed by atoms with E-state index in [2.05, 4.69) is 5.32 Å². The van der Waals surface area contributed by atoms with Crippen molar-refractivity contribution in [3.05, 3.63) is 69.1 Å². The van der Waals surface area contributed by atoms with Crippen LogP contribution in [0.4, 0.5) is 5.69 Å². The zero-order valence-corrected chi connectivity index (χ0v) is 17.4. The van der Waals surface area contributed by atoms with Crippen molar-refractivity contribution >= 4 is 28.5 Å². The van der Waals surface area contributed by atoms with Crippen molar-refractivity contribution in [1.82, 2.24) is 0 Å². The molecule has 1 amide bonds. The Balaban J connectivity index is 1.53. The van der Waals surface area contributed by atoms with Gasteiger partial charge in [0, 0.05) is 11.3 Å². The summed E-state index contributed by atoms with van der Waals surface area (Å²) in [5.41, 5.74) is 3.52. The molecule has 7 heteroatoms. The van der Waals surface area contributed by atoms with Crippen LogP contribution in [-0.2, 0) is 22.4 Å². The Morgan fingerprint density at radius 3 is 2.74 bits per heavy atom. The molecule has 4 rings (SSSR count). The van der Waals surface area contributed by atoms with Gasteiger partial charge in [0.1, 0.15) is 11.3 Å². The highest BCUT2D eigenvalue weighted by Gasteiger charge is 2.22. The van der Waals surface area contributed by atoms with Crippen molar-refractivity contribution in [3.63, 3.8) is 0 Å². The highest BCUT2D eigenvalue weighted by Crippen LogP contribution is 2.35. The maximum absolute atomic E-state index is 12.5. The van der Waals surface area contributed by atoms with E-state index in [4.69, 9.17) is 13.9 Å². The van der Waals surface area contributed by atoms with Crippen LogP contribution in [0, 0.1) is 6.92 Å². The molecule has 1 aliphatic rings. The number of aryl methyl sites for hydroxylation is 2. The molecule has 0 radical (unpaired) electrons. The normalized spacial score (nSPS) is 12.5. The molecular weight excluding hydrogens is 398 g/mol. The molecule has 2 aromatic carbocycles. The van der Waals surface area contributed by atoms with Crippen molar-refractivity contribution in [2.45, 2.75) is 33.1 Å². The maximum atomic E-state index is 12.5. The van der Waals surface area contributed by atoms with Gasteiger partial charge >= 0.3 is 11.6 Å². The minimum atomic E-state index is -0.448. The zero-order valence-electron chi connectivity index (χ0n) is 17.4. The lowest BCUT2D eigenvalue weighted by molar-refractivity contribution is -0.118. The zero-order chi connectivity index (χ0) is 22.0. The van der Waals surface area contributed by atoms with Crippen LogP contribution < -0.4 is 15.7 Å². The third-order valence-corrected chi connectivity index (χ3v) is 5.20. The van der Waals surface area contributed by atoms with Gasteiger partial charge in [-0.2, -0.15) is 0 Å². The van der Waals surface area contributed by atoms with Crippen molar-refractivity contribution in [3.8, 4) is 5.75 Å². The first kappa shape index (κ1) is 20.7. The fourth-order valence-corrected chi connectivity index (χ4v) is 3.90. The van der Waals surface area contributed by atoms with Gasteiger partial charge in [-0.1, -0.05) is 6.07 Å². The summed E-state index contributed by atoms with van der Waals surface area (Å²) in [6.45, 7) is 3.66. The molecule has 0 saturated carbocycles. The second kappa shape index (κ2) is 8.63. The smallest absolute Gasteiger partial charge is 0.339 e. The molecule has 0 atom stereocenters. The van der Waals surface area contributed by atoms with Gasteiger partial charge in [0.2, 0.25) is 0 Å². The third kappa shape index (κ3) is 4.30. The molecular formula is C24H23NO6. The first-order chi connectivity index (χ1) is 15.0. The number of rotatable bonds is 6. The van der Waals surface area contributed by atoms with Crippen LogP contribution in [0.25, 0.3) is 11.0 Å². The molecule has 0 bridgehead atoms. The molecule has 1 N–H and O–H groups in total. The number of nitrogens with one attached hydrogen (secondary N) is 1. The first-order valence-electron chi connectivity index (χ1n) is 10.3. The highest BCUT2D eigenvalue weighted by molar-refractivity contribution is 5.95. The number of hydrogen-bond acceptors (Lipinski definition) is 6. The lowest BCUT2D eigenvalue weighted by Gasteiger charge is -2.13. The summed E-state index contributed by atoms with van der Waals surface area (Å²) in [6, 6.07) is 10.2. The van der Waals surface area contributed by atoms with Crippen LogP contribution in [-0.4, -0.2) is 25.1 Å². The van der Waals surface area contributed by atoms with Crippen LogP contribution in [0.3, 0.4) is 0 Å². The Morgan fingerprint density at radius 2 is 1.94 bits per heavy atom. The molecule has 0 spiro atoms. The molecule has 0 unspecified atom stereocenters. The first-order valence-corrected chi connectivity index (χ1v) is 10.3. The summed E-state index contributed by atoms with van der Waals surface area (Å²) in [4.78, 5) is 36.6. The summed E-state index contributed by atoms with van der Waals surface area (Å²) in [5, 5.41) is 3.49. The van der Waals surface area contributed by atoms with E-state index in [-0.39, 0.29) is 24.7 Å². The fraction of sp³-hybridized carbons (Fsp3) is 0.292. The molecule has 160 valence electrons. The van der Waals surface area contributed by atoms with Gasteiger partial charge in [0.25, 0.3) is 5.91 Å². The summed E-state index contributed by atoms with van der Waals surface area (Å²) in [5.74, 6) is -0.298. The van der Waals surface area contributed by atoms with Gasteiger partial charge in [-0.3, -0.25) is 4.79 Å². The molecule has 0 fully saturated rings. The number of ether oxygens (including phenoxy) is 2. The van der Waals surface area contributed by atoms with Crippen molar-refractivity contribution in [2.24, 2.45) is 0 Å². The van der Waals surface area contributed by atoms with E-state index < -0.39 is 5.97 Å². The van der Waals surface area contributed by atoms with Gasteiger partial charge in [-0.25, -0.2) is 9.59 Å². The number of carbonyl (C=O) groups is 2. The molecule has 0 aliphatic heterocycles. The van der Waals surface area contributed by atoms with Crippen LogP contribution in [0.2, 0.25) is 0 Å². The Hall–Kier alpha value is -3.61. The van der Waals surface area contributed by atoms with E-state index in [0.29, 0.717) is 34.6 Å². The predicted octanol–water partition coefficient (Wildman–Crippen LogP) is 3.78. The number of benzene rings is 2. The van der Waals surface area contributed by atoms with Crippen molar-refractivity contribution < 1.29 is 23.5 Å². The summed E-state index contributed by atoms with van der Waals surface area (Å²) in [7, 11) is 0. The monoisotopic (exact) mass is 421 g/mol. The molecule has 1 heterocycles. The number of hydrogen-bond donors (Lipinski definition) is 1. The van der Waals surface area contributed by atoms with Crippen molar-refractivity contribution in [2.75, 3.05) is 18.5 Å². The molecule has 3 aromatic rings. The third-order valence-electron chi connectivity index (χ3n) is 5.20. The average molecular weight is 421 g/mol. The minimum Gasteiger partial charge on any atom is -0.483 e. The summed E-state index contributed by atoms with van der Waals surface area (Å²) < 4.78 is 16.3. The Labute approximate surface area is 179 Å². The molecule has 1 aromatic heterocycles. The predicted molar refractivity (Wildman–Crippen MR) is 116 cm³/mol. The van der Waals surface area contributed by atoms with E-state index >= 15 is 0 Å². The fourth-order valence-electron chi connectivity index (χ4n) is 3.90. The minimum absolute atomic E-state index is 0.226. The average Bonchev–Trinajstić information content (AvgIpc) is 3.22. The second-order valence-electron chi connectivity index (χ2n) is 7.47. The second-order valence-corrected chi connectivity index (χ2v) is 7.47. The van der Waals surface area contributed by atoms with Gasteiger partial charge < -0.3 is 19.2 Å². The van der Waals surface area contributed by atoms with E-state index in [1.165, 1.54) is 0 Å². The van der Waals surface area contributed by atoms with Crippen LogP contribution in [0.5, 0.6) is 5.75 Å².